The Morgan fingerprint density at radius 3 is 2.92 bits per heavy atom. The van der Waals surface area contributed by atoms with E-state index in [-0.39, 0.29) is 6.61 Å². The highest BCUT2D eigenvalue weighted by molar-refractivity contribution is 5.80. The van der Waals surface area contributed by atoms with Crippen LogP contribution in [0.3, 0.4) is 0 Å². The number of H-pyrrole nitrogens is 1. The highest BCUT2D eigenvalue weighted by Crippen LogP contribution is 2.40. The Kier molecular flexibility index (Phi) is 3.71. The van der Waals surface area contributed by atoms with Crippen LogP contribution in [0.2, 0.25) is 0 Å². The van der Waals surface area contributed by atoms with Crippen molar-refractivity contribution in [3.05, 3.63) is 30.0 Å². The van der Waals surface area contributed by atoms with Gasteiger partial charge in [-0.05, 0) is 44.7 Å². The Morgan fingerprint density at radius 2 is 2.20 bits per heavy atom. The molecule has 0 bridgehead atoms. The van der Waals surface area contributed by atoms with Crippen LogP contribution in [0.4, 0.5) is 0 Å². The molecule has 1 amide bonds. The summed E-state index contributed by atoms with van der Waals surface area (Å²) >= 11 is 0. The number of nitrogens with two attached hydrogens (primary N) is 1. The summed E-state index contributed by atoms with van der Waals surface area (Å²) in [5.74, 6) is 1.45. The van der Waals surface area contributed by atoms with Crippen LogP contribution in [-0.2, 0) is 4.79 Å². The molecule has 0 spiro atoms. The van der Waals surface area contributed by atoms with E-state index in [9.17, 15) is 4.79 Å². The van der Waals surface area contributed by atoms with Gasteiger partial charge in [0.1, 0.15) is 17.1 Å². The number of hydrogen-bond donors (Lipinski definition) is 2. The summed E-state index contributed by atoms with van der Waals surface area (Å²) in [4.78, 5) is 19.1. The minimum Gasteiger partial charge on any atom is -0.483 e. The van der Waals surface area contributed by atoms with E-state index in [2.05, 4.69) is 17.0 Å². The molecule has 1 aliphatic rings. The number of hydrogen-bond acceptors (Lipinski definition) is 4. The molecule has 1 unspecified atom stereocenters. The molecule has 7 nitrogen and oxygen atoms in total. The second-order valence-corrected chi connectivity index (χ2v) is 6.64. The molecule has 2 heterocycles. The number of fused-ring (bicyclic) bond motifs is 1. The zero-order chi connectivity index (χ0) is 17.6. The van der Waals surface area contributed by atoms with Crippen molar-refractivity contribution in [1.82, 2.24) is 19.7 Å². The van der Waals surface area contributed by atoms with E-state index in [1.807, 2.05) is 29.8 Å². The molecule has 7 heteroatoms. The quantitative estimate of drug-likeness (QED) is 0.721. The summed E-state index contributed by atoms with van der Waals surface area (Å²) in [6.45, 7) is 4.01. The first kappa shape index (κ1) is 15.7. The van der Waals surface area contributed by atoms with Crippen molar-refractivity contribution in [2.75, 3.05) is 6.61 Å². The molecular formula is C18H21N5O2. The second kappa shape index (κ2) is 5.91. The average Bonchev–Trinajstić information content (AvgIpc) is 3.28. The van der Waals surface area contributed by atoms with Crippen LogP contribution in [0.5, 0.6) is 5.75 Å². The molecule has 0 radical (unpaired) electrons. The first-order valence-corrected chi connectivity index (χ1v) is 8.50. The number of nitrogens with one attached hydrogen (secondary N) is 1. The molecule has 25 heavy (non-hydrogen) atoms. The number of primary amides is 1. The maximum absolute atomic E-state index is 11.0. The molecule has 3 aromatic rings. The van der Waals surface area contributed by atoms with E-state index in [0.717, 1.165) is 22.4 Å². The zero-order valence-electron chi connectivity index (χ0n) is 14.3. The van der Waals surface area contributed by atoms with Gasteiger partial charge in [0.15, 0.2) is 12.3 Å². The van der Waals surface area contributed by atoms with Crippen LogP contribution < -0.4 is 10.5 Å². The molecule has 1 aliphatic carbocycles. The summed E-state index contributed by atoms with van der Waals surface area (Å²) < 4.78 is 7.55. The molecule has 1 atom stereocenters. The molecule has 0 aliphatic heterocycles. The fourth-order valence-corrected chi connectivity index (χ4v) is 3.17. The number of aromatic amines is 1. The Bertz CT molecular complexity index is 938. The highest BCUT2D eigenvalue weighted by Gasteiger charge is 2.31. The first-order valence-electron chi connectivity index (χ1n) is 8.50. The third-order valence-electron chi connectivity index (χ3n) is 4.72. The summed E-state index contributed by atoms with van der Waals surface area (Å²) in [7, 11) is 0. The predicted octanol–water partition coefficient (Wildman–Crippen LogP) is 2.57. The van der Waals surface area contributed by atoms with Crippen molar-refractivity contribution in [2.24, 2.45) is 11.7 Å². The largest absolute Gasteiger partial charge is 0.483 e. The van der Waals surface area contributed by atoms with Gasteiger partial charge in [0.25, 0.3) is 5.91 Å². The SMILES string of the molecule is Cc1nn(C(C)C2CC2)c2nc(-c3ccccc3OCC(N)=O)[nH]c12. The number of aromatic nitrogens is 4. The monoisotopic (exact) mass is 339 g/mol. The lowest BCUT2D eigenvalue weighted by atomic mass is 10.2. The second-order valence-electron chi connectivity index (χ2n) is 6.64. The van der Waals surface area contributed by atoms with Gasteiger partial charge >= 0.3 is 0 Å². The Balaban J connectivity index is 1.75. The number of benzene rings is 1. The number of para-hydroxylation sites is 1. The summed E-state index contributed by atoms with van der Waals surface area (Å²) in [5, 5.41) is 4.66. The third kappa shape index (κ3) is 2.86. The zero-order valence-corrected chi connectivity index (χ0v) is 14.3. The lowest BCUT2D eigenvalue weighted by Crippen LogP contribution is -2.20. The van der Waals surface area contributed by atoms with E-state index in [0.29, 0.717) is 23.5 Å². The molecule has 4 rings (SSSR count). The van der Waals surface area contributed by atoms with Crippen LogP contribution in [0.15, 0.2) is 24.3 Å². The number of aryl methyl sites for hydroxylation is 1. The number of carbonyl (C=O) groups excluding carboxylic acids is 1. The maximum atomic E-state index is 11.0. The van der Waals surface area contributed by atoms with E-state index < -0.39 is 5.91 Å². The van der Waals surface area contributed by atoms with Crippen LogP contribution >= 0.6 is 0 Å². The normalized spacial score (nSPS) is 15.4. The molecule has 3 N–H and O–H groups in total. The van der Waals surface area contributed by atoms with Gasteiger partial charge in [-0.2, -0.15) is 5.10 Å². The molecule has 1 fully saturated rings. The van der Waals surface area contributed by atoms with Crippen molar-refractivity contribution < 1.29 is 9.53 Å². The number of carbonyl (C=O) groups is 1. The van der Waals surface area contributed by atoms with Crippen LogP contribution in [0, 0.1) is 12.8 Å². The third-order valence-corrected chi connectivity index (χ3v) is 4.72. The highest BCUT2D eigenvalue weighted by atomic mass is 16.5. The number of ether oxygens (including phenoxy) is 1. The predicted molar refractivity (Wildman–Crippen MR) is 94.2 cm³/mol. The van der Waals surface area contributed by atoms with E-state index >= 15 is 0 Å². The minimum atomic E-state index is -0.510. The van der Waals surface area contributed by atoms with Crippen molar-refractivity contribution in [3.63, 3.8) is 0 Å². The summed E-state index contributed by atoms with van der Waals surface area (Å²) in [6, 6.07) is 7.81. The van der Waals surface area contributed by atoms with Crippen LogP contribution in [0.25, 0.3) is 22.6 Å². The number of amides is 1. The van der Waals surface area contributed by atoms with Gasteiger partial charge in [0, 0.05) is 0 Å². The van der Waals surface area contributed by atoms with E-state index in [4.69, 9.17) is 15.5 Å². The smallest absolute Gasteiger partial charge is 0.255 e. The molecular weight excluding hydrogens is 318 g/mol. The fourth-order valence-electron chi connectivity index (χ4n) is 3.17. The lowest BCUT2D eigenvalue weighted by Gasteiger charge is -2.11. The standard InChI is InChI=1S/C18H21N5O2/c1-10-16-18(23(22-10)11(2)12-7-8-12)21-17(20-16)13-5-3-4-6-14(13)25-9-15(19)24/h3-6,11-12H,7-9H2,1-2H3,(H2,19,24)(H,20,21). The number of nitrogens with zero attached hydrogens (tertiary/aromatic N) is 3. The van der Waals surface area contributed by atoms with Crippen molar-refractivity contribution >= 4 is 17.1 Å². The van der Waals surface area contributed by atoms with Crippen LogP contribution in [-0.4, -0.2) is 32.3 Å². The number of imidazole rings is 1. The van der Waals surface area contributed by atoms with Gasteiger partial charge in [0.05, 0.1) is 17.3 Å². The molecule has 130 valence electrons. The van der Waals surface area contributed by atoms with Gasteiger partial charge in [-0.25, -0.2) is 9.67 Å². The van der Waals surface area contributed by atoms with Gasteiger partial charge in [-0.1, -0.05) is 12.1 Å². The Labute approximate surface area is 145 Å². The first-order chi connectivity index (χ1) is 12.0. The fraction of sp³-hybridized carbons (Fsp3) is 0.389. The van der Waals surface area contributed by atoms with Gasteiger partial charge < -0.3 is 15.5 Å². The molecule has 2 aromatic heterocycles. The minimum absolute atomic E-state index is 0.164. The average molecular weight is 339 g/mol. The van der Waals surface area contributed by atoms with Gasteiger partial charge in [-0.15, -0.1) is 0 Å². The number of rotatable bonds is 6. The van der Waals surface area contributed by atoms with Gasteiger partial charge in [-0.3, -0.25) is 4.79 Å². The molecule has 1 aromatic carbocycles. The van der Waals surface area contributed by atoms with Crippen molar-refractivity contribution in [2.45, 2.75) is 32.7 Å². The van der Waals surface area contributed by atoms with Crippen molar-refractivity contribution in [1.29, 1.82) is 0 Å². The van der Waals surface area contributed by atoms with Crippen molar-refractivity contribution in [3.8, 4) is 17.1 Å². The van der Waals surface area contributed by atoms with Crippen LogP contribution in [0.1, 0.15) is 31.5 Å². The van der Waals surface area contributed by atoms with E-state index in [1.165, 1.54) is 12.8 Å². The maximum Gasteiger partial charge on any atom is 0.255 e. The Hall–Kier alpha value is -2.83. The Morgan fingerprint density at radius 1 is 1.44 bits per heavy atom. The lowest BCUT2D eigenvalue weighted by molar-refractivity contribution is -0.119. The molecule has 1 saturated carbocycles. The summed E-state index contributed by atoms with van der Waals surface area (Å²) in [5.41, 5.74) is 8.70. The molecule has 0 saturated heterocycles. The van der Waals surface area contributed by atoms with Gasteiger partial charge in [0.2, 0.25) is 0 Å². The van der Waals surface area contributed by atoms with E-state index in [1.54, 1.807) is 6.07 Å². The summed E-state index contributed by atoms with van der Waals surface area (Å²) in [6.07, 6.45) is 2.51. The topological polar surface area (TPSA) is 98.8 Å².